The van der Waals surface area contributed by atoms with E-state index in [-0.39, 0.29) is 30.6 Å². The van der Waals surface area contributed by atoms with E-state index in [4.69, 9.17) is 9.47 Å². The van der Waals surface area contributed by atoms with Crippen molar-refractivity contribution in [1.29, 1.82) is 0 Å². The van der Waals surface area contributed by atoms with Gasteiger partial charge in [0.1, 0.15) is 23.7 Å². The smallest absolute Gasteiger partial charge is 0.338 e. The lowest BCUT2D eigenvalue weighted by Crippen LogP contribution is -2.29. The Labute approximate surface area is 214 Å². The van der Waals surface area contributed by atoms with Crippen molar-refractivity contribution in [3.8, 4) is 5.75 Å². The zero-order chi connectivity index (χ0) is 26.1. The van der Waals surface area contributed by atoms with Gasteiger partial charge in [0.05, 0.1) is 23.4 Å². The number of amides is 1. The van der Waals surface area contributed by atoms with Crippen LogP contribution in [0.25, 0.3) is 5.76 Å². The standard InChI is InChI=1S/C29H26N2O6/c1-3-36-29(35)19-9-7-18(8-10-19)16-31-25(22-6-4-5-13-30-22)24(27(33)28(31)34)26(32)20-11-12-23-21(15-20)14-17(2)37-23/h4-13,15,17,25,32H,3,14,16H2,1-2H3/b26-24-. The maximum Gasteiger partial charge on any atom is 0.338 e. The van der Waals surface area contributed by atoms with Crippen molar-refractivity contribution in [3.63, 3.8) is 0 Å². The summed E-state index contributed by atoms with van der Waals surface area (Å²) in [6.07, 6.45) is 2.30. The minimum atomic E-state index is -0.880. The summed E-state index contributed by atoms with van der Waals surface area (Å²) < 4.78 is 10.8. The number of benzene rings is 2. The van der Waals surface area contributed by atoms with Crippen LogP contribution in [-0.4, -0.2) is 45.4 Å². The number of ether oxygens (including phenoxy) is 2. The molecule has 2 unspecified atom stereocenters. The molecule has 8 heteroatoms. The van der Waals surface area contributed by atoms with E-state index in [1.165, 1.54) is 4.90 Å². The van der Waals surface area contributed by atoms with E-state index in [1.54, 1.807) is 73.8 Å². The number of aliphatic hydroxyl groups is 1. The third-order valence-electron chi connectivity index (χ3n) is 6.50. The molecule has 0 spiro atoms. The molecule has 8 nitrogen and oxygen atoms in total. The van der Waals surface area contributed by atoms with E-state index in [9.17, 15) is 19.5 Å². The van der Waals surface area contributed by atoms with Crippen molar-refractivity contribution in [2.75, 3.05) is 6.61 Å². The van der Waals surface area contributed by atoms with Gasteiger partial charge in [-0.15, -0.1) is 0 Å². The Kier molecular flexibility index (Phi) is 6.48. The average molecular weight is 499 g/mol. The van der Waals surface area contributed by atoms with Crippen LogP contribution >= 0.6 is 0 Å². The van der Waals surface area contributed by atoms with Gasteiger partial charge in [-0.2, -0.15) is 0 Å². The van der Waals surface area contributed by atoms with E-state index in [0.29, 0.717) is 28.8 Å². The van der Waals surface area contributed by atoms with Crippen molar-refractivity contribution in [3.05, 3.63) is 100 Å². The Morgan fingerprint density at radius 1 is 1.11 bits per heavy atom. The minimum Gasteiger partial charge on any atom is -0.507 e. The van der Waals surface area contributed by atoms with Gasteiger partial charge in [0.25, 0.3) is 11.7 Å². The lowest BCUT2D eigenvalue weighted by atomic mass is 9.96. The molecule has 37 heavy (non-hydrogen) atoms. The third-order valence-corrected chi connectivity index (χ3v) is 6.50. The van der Waals surface area contributed by atoms with Gasteiger partial charge in [0.15, 0.2) is 0 Å². The van der Waals surface area contributed by atoms with Gasteiger partial charge in [-0.3, -0.25) is 14.6 Å². The number of hydrogen-bond donors (Lipinski definition) is 1. The molecule has 1 amide bonds. The fourth-order valence-corrected chi connectivity index (χ4v) is 4.77. The third kappa shape index (κ3) is 4.58. The van der Waals surface area contributed by atoms with Gasteiger partial charge in [0.2, 0.25) is 0 Å². The zero-order valence-corrected chi connectivity index (χ0v) is 20.5. The fourth-order valence-electron chi connectivity index (χ4n) is 4.77. The number of carbonyl (C=O) groups excluding carboxylic acids is 3. The number of pyridine rings is 1. The van der Waals surface area contributed by atoms with Crippen LogP contribution in [0.3, 0.4) is 0 Å². The van der Waals surface area contributed by atoms with Crippen LogP contribution in [0.15, 0.2) is 72.4 Å². The van der Waals surface area contributed by atoms with Crippen LogP contribution < -0.4 is 4.74 Å². The number of likely N-dealkylation sites (tertiary alicyclic amines) is 1. The predicted molar refractivity (Wildman–Crippen MR) is 135 cm³/mol. The number of hydrogen-bond acceptors (Lipinski definition) is 7. The van der Waals surface area contributed by atoms with E-state index >= 15 is 0 Å². The Bertz CT molecular complexity index is 1400. The predicted octanol–water partition coefficient (Wildman–Crippen LogP) is 4.20. The summed E-state index contributed by atoms with van der Waals surface area (Å²) in [5.74, 6) is -1.45. The Morgan fingerprint density at radius 2 is 1.86 bits per heavy atom. The zero-order valence-electron chi connectivity index (χ0n) is 20.5. The number of ketones is 1. The molecule has 1 N–H and O–H groups in total. The highest BCUT2D eigenvalue weighted by atomic mass is 16.5. The van der Waals surface area contributed by atoms with Gasteiger partial charge in [-0.05, 0) is 67.4 Å². The molecule has 5 rings (SSSR count). The van der Waals surface area contributed by atoms with Crippen LogP contribution in [0.2, 0.25) is 0 Å². The molecule has 188 valence electrons. The number of aromatic nitrogens is 1. The highest BCUT2D eigenvalue weighted by Crippen LogP contribution is 2.40. The largest absolute Gasteiger partial charge is 0.507 e. The first-order chi connectivity index (χ1) is 17.9. The molecule has 2 atom stereocenters. The number of aliphatic hydroxyl groups excluding tert-OH is 1. The lowest BCUT2D eigenvalue weighted by molar-refractivity contribution is -0.140. The number of esters is 1. The van der Waals surface area contributed by atoms with Crippen molar-refractivity contribution < 1.29 is 29.0 Å². The highest BCUT2D eigenvalue weighted by Gasteiger charge is 2.46. The second-order valence-electron chi connectivity index (χ2n) is 9.05. The summed E-state index contributed by atoms with van der Waals surface area (Å²) >= 11 is 0. The Hall–Kier alpha value is -4.46. The van der Waals surface area contributed by atoms with E-state index < -0.39 is 23.7 Å². The summed E-state index contributed by atoms with van der Waals surface area (Å²) in [7, 11) is 0. The normalized spacial score (nSPS) is 20.0. The SMILES string of the molecule is CCOC(=O)c1ccc(CN2C(=O)C(=O)/C(=C(\O)c3ccc4c(c3)CC(C)O4)C2c2ccccn2)cc1. The molecular weight excluding hydrogens is 472 g/mol. The maximum absolute atomic E-state index is 13.3. The summed E-state index contributed by atoms with van der Waals surface area (Å²) in [5, 5.41) is 11.3. The van der Waals surface area contributed by atoms with Crippen LogP contribution in [0.1, 0.15) is 52.6 Å². The second kappa shape index (κ2) is 9.89. The fraction of sp³-hybridized carbons (Fsp3) is 0.241. The van der Waals surface area contributed by atoms with Gasteiger partial charge in [-0.25, -0.2) is 4.79 Å². The highest BCUT2D eigenvalue weighted by molar-refractivity contribution is 6.46. The average Bonchev–Trinajstić information content (AvgIpc) is 3.40. The molecule has 2 aliphatic heterocycles. The lowest BCUT2D eigenvalue weighted by Gasteiger charge is -2.24. The van der Waals surface area contributed by atoms with Crippen LogP contribution in [0, 0.1) is 0 Å². The molecule has 3 heterocycles. The first kappa shape index (κ1) is 24.2. The number of nitrogens with zero attached hydrogens (tertiary/aromatic N) is 2. The summed E-state index contributed by atoms with van der Waals surface area (Å²) in [6, 6.07) is 16.3. The molecular formula is C29H26N2O6. The van der Waals surface area contributed by atoms with Crippen molar-refractivity contribution in [2.45, 2.75) is 39.0 Å². The summed E-state index contributed by atoms with van der Waals surface area (Å²) in [5.41, 5.74) is 2.92. The number of Topliss-reactive ketones (excluding diaryl/α,β-unsaturated/α-hetero) is 1. The number of carbonyl (C=O) groups is 3. The molecule has 0 saturated carbocycles. The quantitative estimate of drug-likeness (QED) is 0.235. The van der Waals surface area contributed by atoms with E-state index in [2.05, 4.69) is 4.98 Å². The minimum absolute atomic E-state index is 0.0150. The van der Waals surface area contributed by atoms with Crippen LogP contribution in [0.5, 0.6) is 5.75 Å². The Balaban J connectivity index is 1.53. The monoisotopic (exact) mass is 498 g/mol. The molecule has 1 saturated heterocycles. The van der Waals surface area contributed by atoms with Crippen molar-refractivity contribution >= 4 is 23.4 Å². The Morgan fingerprint density at radius 3 is 2.57 bits per heavy atom. The molecule has 0 radical (unpaired) electrons. The van der Waals surface area contributed by atoms with E-state index in [1.807, 2.05) is 6.92 Å². The van der Waals surface area contributed by atoms with E-state index in [0.717, 1.165) is 11.3 Å². The number of rotatable bonds is 6. The molecule has 0 bridgehead atoms. The second-order valence-corrected chi connectivity index (χ2v) is 9.05. The molecule has 2 aromatic carbocycles. The van der Waals surface area contributed by atoms with Crippen molar-refractivity contribution in [1.82, 2.24) is 9.88 Å². The molecule has 1 aromatic heterocycles. The van der Waals surface area contributed by atoms with Gasteiger partial charge < -0.3 is 19.5 Å². The first-order valence-corrected chi connectivity index (χ1v) is 12.1. The summed E-state index contributed by atoms with van der Waals surface area (Å²) in [4.78, 5) is 44.3. The van der Waals surface area contributed by atoms with Gasteiger partial charge in [-0.1, -0.05) is 18.2 Å². The summed E-state index contributed by atoms with van der Waals surface area (Å²) in [6.45, 7) is 4.05. The van der Waals surface area contributed by atoms with Gasteiger partial charge >= 0.3 is 5.97 Å². The topological polar surface area (TPSA) is 106 Å². The molecule has 0 aliphatic carbocycles. The first-order valence-electron chi connectivity index (χ1n) is 12.1. The van der Waals surface area contributed by atoms with Crippen LogP contribution in [0.4, 0.5) is 0 Å². The maximum atomic E-state index is 13.3. The molecule has 1 fully saturated rings. The van der Waals surface area contributed by atoms with Crippen LogP contribution in [-0.2, 0) is 27.3 Å². The van der Waals surface area contributed by atoms with Crippen molar-refractivity contribution in [2.24, 2.45) is 0 Å². The molecule has 3 aromatic rings. The molecule has 2 aliphatic rings. The number of fused-ring (bicyclic) bond motifs is 1. The van der Waals surface area contributed by atoms with Gasteiger partial charge in [0, 0.05) is 24.7 Å².